The van der Waals surface area contributed by atoms with Crippen LogP contribution in [0.2, 0.25) is 19.6 Å². The standard InChI is InChI=1S/C21H30OSi/c1-6-21-13-17(22)12-18(21)15(2)20(16-10-8-7-9-11-16)19(14-21)23(3,4)5/h7-11,17,22H,6,12-14H2,1-5H3/t17-,21+/m0/s1. The molecule has 0 unspecified atom stereocenters. The maximum Gasteiger partial charge on any atom is 0.0733 e. The largest absolute Gasteiger partial charge is 0.393 e. The van der Waals surface area contributed by atoms with Gasteiger partial charge in [0.25, 0.3) is 0 Å². The van der Waals surface area contributed by atoms with Crippen molar-refractivity contribution in [1.29, 1.82) is 0 Å². The zero-order valence-electron chi connectivity index (χ0n) is 15.2. The maximum atomic E-state index is 10.4. The van der Waals surface area contributed by atoms with Crippen LogP contribution in [0.15, 0.2) is 46.7 Å². The summed E-state index contributed by atoms with van der Waals surface area (Å²) in [5.41, 5.74) is 6.07. The smallest absolute Gasteiger partial charge is 0.0733 e. The van der Waals surface area contributed by atoms with Crippen LogP contribution in [-0.4, -0.2) is 19.3 Å². The third-order valence-corrected chi connectivity index (χ3v) is 8.23. The van der Waals surface area contributed by atoms with Crippen LogP contribution in [0.3, 0.4) is 0 Å². The first-order valence-electron chi connectivity index (χ1n) is 8.96. The van der Waals surface area contributed by atoms with Gasteiger partial charge in [-0.25, -0.2) is 0 Å². The van der Waals surface area contributed by atoms with E-state index < -0.39 is 8.07 Å². The molecule has 23 heavy (non-hydrogen) atoms. The summed E-state index contributed by atoms with van der Waals surface area (Å²) < 4.78 is 0. The number of hydrogen-bond donors (Lipinski definition) is 1. The van der Waals surface area contributed by atoms with E-state index in [2.05, 4.69) is 63.8 Å². The SMILES string of the molecule is CC[C@@]12CC([Si](C)(C)C)=C(c3ccccc3)C(C)=C1C[C@H](O)C2. The van der Waals surface area contributed by atoms with Crippen molar-refractivity contribution in [3.8, 4) is 0 Å². The summed E-state index contributed by atoms with van der Waals surface area (Å²) in [6.07, 6.45) is 3.97. The molecule has 1 nitrogen and oxygen atoms in total. The second-order valence-electron chi connectivity index (χ2n) is 8.45. The zero-order valence-corrected chi connectivity index (χ0v) is 16.2. The number of benzene rings is 1. The summed E-state index contributed by atoms with van der Waals surface area (Å²) in [6, 6.07) is 10.9. The van der Waals surface area contributed by atoms with Crippen LogP contribution in [-0.2, 0) is 0 Å². The number of rotatable bonds is 3. The molecular formula is C21H30OSi. The highest BCUT2D eigenvalue weighted by molar-refractivity contribution is 6.84. The van der Waals surface area contributed by atoms with Crippen LogP contribution in [0.25, 0.3) is 5.57 Å². The summed E-state index contributed by atoms with van der Waals surface area (Å²) in [5, 5.41) is 12.1. The lowest BCUT2D eigenvalue weighted by Crippen LogP contribution is -2.34. The van der Waals surface area contributed by atoms with Crippen LogP contribution in [0.4, 0.5) is 0 Å². The Balaban J connectivity index is 2.24. The van der Waals surface area contributed by atoms with Crippen molar-refractivity contribution in [1.82, 2.24) is 0 Å². The summed E-state index contributed by atoms with van der Waals surface area (Å²) >= 11 is 0. The van der Waals surface area contributed by atoms with Gasteiger partial charge in [0, 0.05) is 0 Å². The van der Waals surface area contributed by atoms with Crippen molar-refractivity contribution in [2.45, 2.75) is 65.3 Å². The van der Waals surface area contributed by atoms with E-state index in [0.29, 0.717) is 0 Å². The minimum Gasteiger partial charge on any atom is -0.393 e. The van der Waals surface area contributed by atoms with Gasteiger partial charge in [0.2, 0.25) is 0 Å². The van der Waals surface area contributed by atoms with Crippen molar-refractivity contribution in [3.05, 3.63) is 52.2 Å². The molecule has 2 atom stereocenters. The van der Waals surface area contributed by atoms with E-state index >= 15 is 0 Å². The zero-order chi connectivity index (χ0) is 16.8. The van der Waals surface area contributed by atoms with Crippen LogP contribution < -0.4 is 0 Å². The molecule has 0 aromatic heterocycles. The molecule has 0 radical (unpaired) electrons. The van der Waals surface area contributed by atoms with Crippen molar-refractivity contribution >= 4 is 13.6 Å². The van der Waals surface area contributed by atoms with E-state index in [0.717, 1.165) is 25.7 Å². The Labute approximate surface area is 142 Å². The Kier molecular flexibility index (Phi) is 4.18. The second kappa shape index (κ2) is 5.75. The quantitative estimate of drug-likeness (QED) is 0.718. The van der Waals surface area contributed by atoms with Gasteiger partial charge >= 0.3 is 0 Å². The molecule has 0 heterocycles. The average molecular weight is 327 g/mol. The number of aliphatic hydroxyl groups is 1. The van der Waals surface area contributed by atoms with Gasteiger partial charge in [0.05, 0.1) is 14.2 Å². The van der Waals surface area contributed by atoms with Crippen LogP contribution in [0, 0.1) is 5.41 Å². The third kappa shape index (κ3) is 2.76. The van der Waals surface area contributed by atoms with Crippen LogP contribution in [0.1, 0.15) is 45.1 Å². The second-order valence-corrected chi connectivity index (χ2v) is 13.5. The molecule has 2 aliphatic carbocycles. The van der Waals surface area contributed by atoms with Gasteiger partial charge in [0.15, 0.2) is 0 Å². The third-order valence-electron chi connectivity index (χ3n) is 6.00. The first-order valence-corrected chi connectivity index (χ1v) is 12.5. The Morgan fingerprint density at radius 1 is 1.17 bits per heavy atom. The lowest BCUT2D eigenvalue weighted by Gasteiger charge is -2.42. The van der Waals surface area contributed by atoms with E-state index in [1.54, 1.807) is 5.20 Å². The van der Waals surface area contributed by atoms with Crippen molar-refractivity contribution in [3.63, 3.8) is 0 Å². The molecule has 1 aromatic rings. The normalized spacial score (nSPS) is 28.3. The van der Waals surface area contributed by atoms with Crippen molar-refractivity contribution in [2.75, 3.05) is 0 Å². The Morgan fingerprint density at radius 2 is 1.83 bits per heavy atom. The van der Waals surface area contributed by atoms with Gasteiger partial charge in [-0.15, -0.1) is 0 Å². The molecule has 3 rings (SSSR count). The van der Waals surface area contributed by atoms with Crippen LogP contribution in [0.5, 0.6) is 0 Å². The van der Waals surface area contributed by atoms with E-state index in [9.17, 15) is 5.11 Å². The summed E-state index contributed by atoms with van der Waals surface area (Å²) in [4.78, 5) is 0. The van der Waals surface area contributed by atoms with Crippen molar-refractivity contribution in [2.24, 2.45) is 5.41 Å². The van der Waals surface area contributed by atoms with Gasteiger partial charge in [-0.2, -0.15) is 0 Å². The molecule has 0 spiro atoms. The molecule has 0 saturated heterocycles. The topological polar surface area (TPSA) is 20.2 Å². The maximum absolute atomic E-state index is 10.4. The molecule has 1 saturated carbocycles. The number of hydrogen-bond acceptors (Lipinski definition) is 1. The Hall–Kier alpha value is -1.12. The summed E-state index contributed by atoms with van der Waals surface area (Å²) in [5.74, 6) is 0. The molecule has 124 valence electrons. The predicted octanol–water partition coefficient (Wildman–Crippen LogP) is 5.59. The van der Waals surface area contributed by atoms with Crippen LogP contribution >= 0.6 is 0 Å². The lowest BCUT2D eigenvalue weighted by atomic mass is 9.69. The molecule has 1 fully saturated rings. The first-order chi connectivity index (χ1) is 10.8. The van der Waals surface area contributed by atoms with Gasteiger partial charge in [-0.05, 0) is 54.7 Å². The Morgan fingerprint density at radius 3 is 2.39 bits per heavy atom. The lowest BCUT2D eigenvalue weighted by molar-refractivity contribution is 0.158. The van der Waals surface area contributed by atoms with E-state index in [1.165, 1.54) is 22.3 Å². The fraction of sp³-hybridized carbons (Fsp3) is 0.524. The minimum absolute atomic E-state index is 0.155. The highest BCUT2D eigenvalue weighted by Gasteiger charge is 2.47. The number of fused-ring (bicyclic) bond motifs is 1. The predicted molar refractivity (Wildman–Crippen MR) is 102 cm³/mol. The molecule has 1 N–H and O–H groups in total. The van der Waals surface area contributed by atoms with Gasteiger partial charge in [0.1, 0.15) is 0 Å². The number of allylic oxidation sites excluding steroid dienone is 3. The summed E-state index contributed by atoms with van der Waals surface area (Å²) in [7, 11) is -1.43. The molecule has 2 aliphatic rings. The minimum atomic E-state index is -1.43. The molecule has 0 aliphatic heterocycles. The van der Waals surface area contributed by atoms with Gasteiger partial charge in [-0.3, -0.25) is 0 Å². The Bertz CT molecular complexity index is 663. The van der Waals surface area contributed by atoms with Crippen molar-refractivity contribution < 1.29 is 5.11 Å². The molecule has 0 bridgehead atoms. The average Bonchev–Trinajstić information content (AvgIpc) is 2.84. The fourth-order valence-electron chi connectivity index (χ4n) is 4.75. The monoisotopic (exact) mass is 326 g/mol. The molecule has 2 heteroatoms. The first kappa shape index (κ1) is 16.7. The molecular weight excluding hydrogens is 296 g/mol. The highest BCUT2D eigenvalue weighted by atomic mass is 28.3. The molecule has 1 aromatic carbocycles. The van der Waals surface area contributed by atoms with Gasteiger partial charge < -0.3 is 5.11 Å². The van der Waals surface area contributed by atoms with Gasteiger partial charge in [-0.1, -0.05) is 67.7 Å². The van der Waals surface area contributed by atoms with E-state index in [-0.39, 0.29) is 11.5 Å². The van der Waals surface area contributed by atoms with E-state index in [4.69, 9.17) is 0 Å². The fourth-order valence-corrected chi connectivity index (χ4v) is 6.70. The number of aliphatic hydroxyl groups excluding tert-OH is 1. The van der Waals surface area contributed by atoms with E-state index in [1.807, 2.05) is 0 Å². The highest BCUT2D eigenvalue weighted by Crippen LogP contribution is 2.57. The molecule has 0 amide bonds. The summed E-state index contributed by atoms with van der Waals surface area (Å²) in [6.45, 7) is 12.0.